The Morgan fingerprint density at radius 2 is 2.05 bits per heavy atom. The molecule has 4 nitrogen and oxygen atoms in total. The van der Waals surface area contributed by atoms with Gasteiger partial charge in [0.15, 0.2) is 0 Å². The van der Waals surface area contributed by atoms with Crippen LogP contribution >= 0.6 is 11.8 Å². The van der Waals surface area contributed by atoms with Crippen LogP contribution in [0.4, 0.5) is 4.79 Å². The van der Waals surface area contributed by atoms with Gasteiger partial charge in [-0.2, -0.15) is 0 Å². The Hall–Kier alpha value is -1.75. The number of rotatable bonds is 3. The number of carbonyl (C=O) groups excluding carboxylic acids is 2. The predicted molar refractivity (Wildman–Crippen MR) is 74.6 cm³/mol. The summed E-state index contributed by atoms with van der Waals surface area (Å²) in [4.78, 5) is 27.5. The van der Waals surface area contributed by atoms with Crippen LogP contribution in [0, 0.1) is 0 Å². The standard InChI is InChI=1S/C14H14N2O2S/c1-2-8-15-12(17)11-9-19-13(16(11)14(15)18)10-6-4-3-5-7-10/h2-7,11,13H,1,8-9H2/t11-,13?/m0/s1. The van der Waals surface area contributed by atoms with Crippen molar-refractivity contribution in [1.29, 1.82) is 0 Å². The van der Waals surface area contributed by atoms with E-state index in [-0.39, 0.29) is 29.9 Å². The van der Waals surface area contributed by atoms with Crippen LogP contribution in [0.5, 0.6) is 0 Å². The first kappa shape index (κ1) is 12.3. The van der Waals surface area contributed by atoms with Gasteiger partial charge in [0.25, 0.3) is 5.91 Å². The molecule has 19 heavy (non-hydrogen) atoms. The van der Waals surface area contributed by atoms with Gasteiger partial charge in [-0.25, -0.2) is 4.79 Å². The van der Waals surface area contributed by atoms with Gasteiger partial charge in [-0.1, -0.05) is 36.4 Å². The molecule has 3 rings (SSSR count). The van der Waals surface area contributed by atoms with E-state index < -0.39 is 0 Å². The summed E-state index contributed by atoms with van der Waals surface area (Å²) in [5, 5.41) is -0.0579. The molecule has 0 aliphatic carbocycles. The Morgan fingerprint density at radius 3 is 2.74 bits per heavy atom. The number of fused-ring (bicyclic) bond motifs is 1. The minimum Gasteiger partial charge on any atom is -0.295 e. The summed E-state index contributed by atoms with van der Waals surface area (Å²) < 4.78 is 0. The van der Waals surface area contributed by atoms with Gasteiger partial charge < -0.3 is 0 Å². The third kappa shape index (κ3) is 1.85. The van der Waals surface area contributed by atoms with E-state index in [1.54, 1.807) is 22.7 Å². The molecule has 1 unspecified atom stereocenters. The fraction of sp³-hybridized carbons (Fsp3) is 0.286. The van der Waals surface area contributed by atoms with E-state index >= 15 is 0 Å². The zero-order valence-electron chi connectivity index (χ0n) is 10.4. The number of nitrogens with zero attached hydrogens (tertiary/aromatic N) is 2. The zero-order valence-corrected chi connectivity index (χ0v) is 11.2. The number of imide groups is 1. The first-order chi connectivity index (χ1) is 9.24. The molecule has 0 aromatic heterocycles. The molecule has 2 aliphatic rings. The van der Waals surface area contributed by atoms with Crippen LogP contribution in [0.25, 0.3) is 0 Å². The minimum absolute atomic E-state index is 0.0579. The van der Waals surface area contributed by atoms with Crippen LogP contribution in [0.1, 0.15) is 10.9 Å². The summed E-state index contributed by atoms with van der Waals surface area (Å²) in [6, 6.07) is 9.32. The average molecular weight is 274 g/mol. The second-order valence-electron chi connectivity index (χ2n) is 4.54. The zero-order chi connectivity index (χ0) is 13.4. The van der Waals surface area contributed by atoms with Crippen molar-refractivity contribution >= 4 is 23.7 Å². The van der Waals surface area contributed by atoms with Gasteiger partial charge in [0, 0.05) is 12.3 Å². The Kier molecular flexibility index (Phi) is 3.06. The van der Waals surface area contributed by atoms with E-state index in [2.05, 4.69) is 6.58 Å². The molecule has 2 aliphatic heterocycles. The molecule has 2 heterocycles. The molecular weight excluding hydrogens is 260 g/mol. The molecule has 98 valence electrons. The Bertz CT molecular complexity index is 532. The van der Waals surface area contributed by atoms with E-state index in [4.69, 9.17) is 0 Å². The molecule has 0 spiro atoms. The van der Waals surface area contributed by atoms with E-state index in [0.29, 0.717) is 5.75 Å². The Balaban J connectivity index is 1.91. The van der Waals surface area contributed by atoms with Crippen LogP contribution in [0.2, 0.25) is 0 Å². The van der Waals surface area contributed by atoms with Gasteiger partial charge in [-0.3, -0.25) is 14.6 Å². The van der Waals surface area contributed by atoms with Crippen LogP contribution in [-0.2, 0) is 4.79 Å². The first-order valence-corrected chi connectivity index (χ1v) is 7.20. The summed E-state index contributed by atoms with van der Waals surface area (Å²) in [5.41, 5.74) is 1.07. The number of urea groups is 1. The number of benzene rings is 1. The lowest BCUT2D eigenvalue weighted by atomic mass is 10.2. The van der Waals surface area contributed by atoms with Gasteiger partial charge in [0.1, 0.15) is 11.4 Å². The van der Waals surface area contributed by atoms with Gasteiger partial charge in [-0.15, -0.1) is 18.3 Å². The lowest BCUT2D eigenvalue weighted by Crippen LogP contribution is -2.33. The van der Waals surface area contributed by atoms with Crippen molar-refractivity contribution < 1.29 is 9.59 Å². The summed E-state index contributed by atoms with van der Waals surface area (Å²) in [7, 11) is 0. The second kappa shape index (κ2) is 4.74. The largest absolute Gasteiger partial charge is 0.328 e. The highest BCUT2D eigenvalue weighted by atomic mass is 32.2. The Labute approximate surface area is 116 Å². The van der Waals surface area contributed by atoms with Gasteiger partial charge >= 0.3 is 6.03 Å². The molecule has 2 fully saturated rings. The summed E-state index contributed by atoms with van der Waals surface area (Å²) >= 11 is 1.65. The fourth-order valence-corrected chi connectivity index (χ4v) is 3.93. The molecule has 0 bridgehead atoms. The predicted octanol–water partition coefficient (Wildman–Crippen LogP) is 2.25. The van der Waals surface area contributed by atoms with Gasteiger partial charge in [0.05, 0.1) is 0 Å². The molecule has 0 radical (unpaired) electrons. The number of hydrogen-bond acceptors (Lipinski definition) is 3. The van der Waals surface area contributed by atoms with Crippen molar-refractivity contribution in [1.82, 2.24) is 9.80 Å². The topological polar surface area (TPSA) is 40.6 Å². The smallest absolute Gasteiger partial charge is 0.295 e. The second-order valence-corrected chi connectivity index (χ2v) is 5.65. The van der Waals surface area contributed by atoms with E-state index in [1.807, 2.05) is 30.3 Å². The summed E-state index contributed by atoms with van der Waals surface area (Å²) in [6.07, 6.45) is 1.59. The average Bonchev–Trinajstić information content (AvgIpc) is 2.97. The summed E-state index contributed by atoms with van der Waals surface area (Å²) in [6.45, 7) is 3.88. The lowest BCUT2D eigenvalue weighted by Gasteiger charge is -2.22. The number of carbonyl (C=O) groups is 2. The number of amides is 3. The van der Waals surface area contributed by atoms with Crippen molar-refractivity contribution in [2.45, 2.75) is 11.4 Å². The van der Waals surface area contributed by atoms with Crippen LogP contribution in [0.15, 0.2) is 43.0 Å². The fourth-order valence-electron chi connectivity index (χ4n) is 2.52. The molecule has 3 amide bonds. The number of thioether (sulfide) groups is 1. The molecule has 0 N–H and O–H groups in total. The molecule has 1 aromatic rings. The monoisotopic (exact) mass is 274 g/mol. The third-order valence-corrected chi connectivity index (χ3v) is 4.72. The highest BCUT2D eigenvalue weighted by Crippen LogP contribution is 2.44. The van der Waals surface area contributed by atoms with Crippen LogP contribution in [-0.4, -0.2) is 40.1 Å². The van der Waals surface area contributed by atoms with E-state index in [1.165, 1.54) is 4.90 Å². The normalized spacial score (nSPS) is 25.9. The van der Waals surface area contributed by atoms with E-state index in [0.717, 1.165) is 5.56 Å². The first-order valence-electron chi connectivity index (χ1n) is 6.15. The molecule has 2 atom stereocenters. The number of hydrogen-bond donors (Lipinski definition) is 0. The van der Waals surface area contributed by atoms with Crippen molar-refractivity contribution in [2.75, 3.05) is 12.3 Å². The highest BCUT2D eigenvalue weighted by Gasteiger charge is 2.52. The quantitative estimate of drug-likeness (QED) is 0.627. The maximum absolute atomic E-state index is 12.3. The highest BCUT2D eigenvalue weighted by molar-refractivity contribution is 7.99. The SMILES string of the molecule is C=CCN1C(=O)[C@@H]2CSC(c3ccccc3)N2C1=O. The van der Waals surface area contributed by atoms with Crippen molar-refractivity contribution in [3.8, 4) is 0 Å². The maximum atomic E-state index is 12.3. The van der Waals surface area contributed by atoms with Crippen molar-refractivity contribution in [3.05, 3.63) is 48.6 Å². The third-order valence-electron chi connectivity index (χ3n) is 3.40. The summed E-state index contributed by atoms with van der Waals surface area (Å²) in [5.74, 6) is 0.563. The molecular formula is C14H14N2O2S. The molecule has 2 saturated heterocycles. The van der Waals surface area contributed by atoms with Crippen molar-refractivity contribution in [3.63, 3.8) is 0 Å². The lowest BCUT2D eigenvalue weighted by molar-refractivity contribution is -0.127. The van der Waals surface area contributed by atoms with Gasteiger partial charge in [0.2, 0.25) is 0 Å². The van der Waals surface area contributed by atoms with E-state index in [9.17, 15) is 9.59 Å². The molecule has 0 saturated carbocycles. The van der Waals surface area contributed by atoms with Crippen LogP contribution in [0.3, 0.4) is 0 Å². The Morgan fingerprint density at radius 1 is 1.32 bits per heavy atom. The van der Waals surface area contributed by atoms with Gasteiger partial charge in [-0.05, 0) is 5.56 Å². The maximum Gasteiger partial charge on any atom is 0.328 e. The van der Waals surface area contributed by atoms with Crippen LogP contribution < -0.4 is 0 Å². The minimum atomic E-state index is -0.317. The molecule has 1 aromatic carbocycles. The molecule has 5 heteroatoms. The van der Waals surface area contributed by atoms with Crippen molar-refractivity contribution in [2.24, 2.45) is 0 Å².